The number of piperidine rings is 1. The number of hydrogen-bond donors (Lipinski definition) is 1. The molecule has 1 unspecified atom stereocenters. The molecule has 0 aromatic carbocycles. The lowest BCUT2D eigenvalue weighted by molar-refractivity contribution is -0.122. The van der Waals surface area contributed by atoms with Crippen LogP contribution in [0, 0.1) is 5.92 Å². The second-order valence-electron chi connectivity index (χ2n) is 6.54. The van der Waals surface area contributed by atoms with Crippen LogP contribution in [0.25, 0.3) is 0 Å². The fraction of sp³-hybridized carbons (Fsp3) is 0.750. The van der Waals surface area contributed by atoms with Gasteiger partial charge in [0.05, 0.1) is 17.9 Å². The first-order chi connectivity index (χ1) is 10.7. The van der Waals surface area contributed by atoms with Gasteiger partial charge in [-0.25, -0.2) is 0 Å². The Morgan fingerprint density at radius 3 is 2.50 bits per heavy atom. The van der Waals surface area contributed by atoms with E-state index in [0.29, 0.717) is 0 Å². The lowest BCUT2D eigenvalue weighted by Crippen LogP contribution is -2.46. The molecule has 2 aliphatic rings. The van der Waals surface area contributed by atoms with Crippen LogP contribution in [0.5, 0.6) is 0 Å². The van der Waals surface area contributed by atoms with Crippen LogP contribution >= 0.6 is 24.8 Å². The van der Waals surface area contributed by atoms with Crippen LogP contribution < -0.4 is 10.2 Å². The van der Waals surface area contributed by atoms with Crippen molar-refractivity contribution in [1.82, 2.24) is 20.0 Å². The number of rotatable bonds is 5. The summed E-state index contributed by atoms with van der Waals surface area (Å²) in [5, 5.41) is 7.41. The van der Waals surface area contributed by atoms with E-state index in [1.165, 1.54) is 19.3 Å². The van der Waals surface area contributed by atoms with Gasteiger partial charge in [0.1, 0.15) is 0 Å². The summed E-state index contributed by atoms with van der Waals surface area (Å²) in [6.45, 7) is 4.04. The van der Waals surface area contributed by atoms with Crippen molar-refractivity contribution in [1.29, 1.82) is 0 Å². The van der Waals surface area contributed by atoms with Crippen molar-refractivity contribution >= 4 is 36.4 Å². The van der Waals surface area contributed by atoms with Crippen LogP contribution in [0.1, 0.15) is 25.7 Å². The molecular weight excluding hydrogens is 349 g/mol. The lowest BCUT2D eigenvalue weighted by Gasteiger charge is -2.35. The largest absolute Gasteiger partial charge is 0.320 e. The van der Waals surface area contributed by atoms with Gasteiger partial charge in [-0.2, -0.15) is 5.10 Å². The number of likely N-dealkylation sites (tertiary alicyclic amines) is 1. The summed E-state index contributed by atoms with van der Waals surface area (Å²) >= 11 is 0. The van der Waals surface area contributed by atoms with Crippen molar-refractivity contribution in [2.75, 3.05) is 38.1 Å². The molecule has 0 bridgehead atoms. The Balaban J connectivity index is 0.00000144. The summed E-state index contributed by atoms with van der Waals surface area (Å²) in [5.74, 6) is 1.07. The fourth-order valence-electron chi connectivity index (χ4n) is 3.71. The van der Waals surface area contributed by atoms with E-state index in [1.54, 1.807) is 10.9 Å². The second-order valence-corrected chi connectivity index (χ2v) is 6.54. The highest BCUT2D eigenvalue weighted by Gasteiger charge is 2.38. The smallest absolute Gasteiger partial charge is 0.244 e. The van der Waals surface area contributed by atoms with Gasteiger partial charge in [0.2, 0.25) is 5.91 Å². The van der Waals surface area contributed by atoms with E-state index in [0.717, 1.165) is 44.2 Å². The van der Waals surface area contributed by atoms with Gasteiger partial charge in [0, 0.05) is 19.8 Å². The van der Waals surface area contributed by atoms with Gasteiger partial charge in [-0.1, -0.05) is 0 Å². The molecule has 1 aromatic rings. The summed E-state index contributed by atoms with van der Waals surface area (Å²) in [4.78, 5) is 17.0. The zero-order chi connectivity index (χ0) is 15.5. The van der Waals surface area contributed by atoms with Crippen molar-refractivity contribution < 1.29 is 4.79 Å². The topological polar surface area (TPSA) is 53.4 Å². The normalized spacial score (nSPS) is 22.3. The first-order valence-corrected chi connectivity index (χ1v) is 8.37. The molecule has 0 spiro atoms. The van der Waals surface area contributed by atoms with Crippen molar-refractivity contribution in [3.8, 4) is 0 Å². The molecule has 6 nitrogen and oxygen atoms in total. The Kier molecular flexibility index (Phi) is 8.50. The Hall–Kier alpha value is -0.820. The Labute approximate surface area is 156 Å². The second kappa shape index (κ2) is 9.61. The molecule has 0 saturated carbocycles. The SMILES string of the molecule is CNCCC1CCN(C2CCN(c3cnn(C)c3)C2=O)CC1.Cl.Cl. The van der Waals surface area contributed by atoms with Crippen molar-refractivity contribution in [2.24, 2.45) is 13.0 Å². The first kappa shape index (κ1) is 21.2. The van der Waals surface area contributed by atoms with Gasteiger partial charge in [0.15, 0.2) is 0 Å². The van der Waals surface area contributed by atoms with E-state index in [2.05, 4.69) is 15.3 Å². The Bertz CT molecular complexity index is 516. The molecular formula is C16H29Cl2N5O. The maximum atomic E-state index is 12.7. The summed E-state index contributed by atoms with van der Waals surface area (Å²) in [7, 11) is 3.90. The third-order valence-electron chi connectivity index (χ3n) is 5.07. The van der Waals surface area contributed by atoms with E-state index in [-0.39, 0.29) is 36.8 Å². The maximum absolute atomic E-state index is 12.7. The molecule has 138 valence electrons. The minimum Gasteiger partial charge on any atom is -0.320 e. The van der Waals surface area contributed by atoms with Gasteiger partial charge in [-0.15, -0.1) is 24.8 Å². The molecule has 8 heteroatoms. The molecule has 1 aromatic heterocycles. The number of carbonyl (C=O) groups excluding carboxylic acids is 1. The quantitative estimate of drug-likeness (QED) is 0.847. The third kappa shape index (κ3) is 4.63. The Morgan fingerprint density at radius 2 is 1.92 bits per heavy atom. The van der Waals surface area contributed by atoms with Crippen molar-refractivity contribution in [3.63, 3.8) is 0 Å². The highest BCUT2D eigenvalue weighted by atomic mass is 35.5. The summed E-state index contributed by atoms with van der Waals surface area (Å²) in [6.07, 6.45) is 8.34. The van der Waals surface area contributed by atoms with Gasteiger partial charge in [-0.05, 0) is 58.3 Å². The first-order valence-electron chi connectivity index (χ1n) is 8.37. The highest BCUT2D eigenvalue weighted by Crippen LogP contribution is 2.28. The van der Waals surface area contributed by atoms with Crippen LogP contribution in [-0.4, -0.2) is 59.9 Å². The van der Waals surface area contributed by atoms with Gasteiger partial charge in [0.25, 0.3) is 0 Å². The molecule has 3 rings (SSSR count). The maximum Gasteiger partial charge on any atom is 0.244 e. The summed E-state index contributed by atoms with van der Waals surface area (Å²) in [6, 6.07) is 0.0745. The number of carbonyl (C=O) groups is 1. The molecule has 2 saturated heterocycles. The van der Waals surface area contributed by atoms with E-state index in [1.807, 2.05) is 25.2 Å². The highest BCUT2D eigenvalue weighted by molar-refractivity contribution is 5.99. The average molecular weight is 378 g/mol. The zero-order valence-corrected chi connectivity index (χ0v) is 16.1. The van der Waals surface area contributed by atoms with Gasteiger partial charge >= 0.3 is 0 Å². The molecule has 1 atom stereocenters. The van der Waals surface area contributed by atoms with Crippen LogP contribution in [-0.2, 0) is 11.8 Å². The number of halogens is 2. The minimum absolute atomic E-state index is 0. The fourth-order valence-corrected chi connectivity index (χ4v) is 3.71. The number of amides is 1. The predicted molar refractivity (Wildman–Crippen MR) is 101 cm³/mol. The van der Waals surface area contributed by atoms with Gasteiger partial charge < -0.3 is 10.2 Å². The van der Waals surface area contributed by atoms with E-state index in [9.17, 15) is 4.79 Å². The third-order valence-corrected chi connectivity index (χ3v) is 5.07. The lowest BCUT2D eigenvalue weighted by atomic mass is 9.92. The van der Waals surface area contributed by atoms with E-state index in [4.69, 9.17) is 0 Å². The molecule has 1 amide bonds. The molecule has 3 heterocycles. The Morgan fingerprint density at radius 1 is 1.21 bits per heavy atom. The number of aryl methyl sites for hydroxylation is 1. The zero-order valence-electron chi connectivity index (χ0n) is 14.5. The average Bonchev–Trinajstić information content (AvgIpc) is 3.11. The van der Waals surface area contributed by atoms with Crippen LogP contribution in [0.2, 0.25) is 0 Å². The van der Waals surface area contributed by atoms with E-state index >= 15 is 0 Å². The van der Waals surface area contributed by atoms with Crippen LogP contribution in [0.4, 0.5) is 5.69 Å². The van der Waals surface area contributed by atoms with Crippen LogP contribution in [0.3, 0.4) is 0 Å². The minimum atomic E-state index is 0. The molecule has 1 N–H and O–H groups in total. The summed E-state index contributed by atoms with van der Waals surface area (Å²) < 4.78 is 1.75. The van der Waals surface area contributed by atoms with E-state index < -0.39 is 0 Å². The molecule has 2 fully saturated rings. The predicted octanol–water partition coefficient (Wildman–Crippen LogP) is 1.69. The molecule has 24 heavy (non-hydrogen) atoms. The van der Waals surface area contributed by atoms with Gasteiger partial charge in [-0.3, -0.25) is 14.4 Å². The number of nitrogens with zero attached hydrogens (tertiary/aromatic N) is 4. The molecule has 0 aliphatic carbocycles. The van der Waals surface area contributed by atoms with Crippen molar-refractivity contribution in [2.45, 2.75) is 31.7 Å². The monoisotopic (exact) mass is 377 g/mol. The standard InChI is InChI=1S/C16H27N5O.2ClH/c1-17-7-3-13-4-8-20(9-5-13)15-6-10-21(16(15)22)14-11-18-19(2)12-14;;/h11-13,15,17H,3-10H2,1-2H3;2*1H. The number of hydrogen-bond acceptors (Lipinski definition) is 4. The molecule has 0 radical (unpaired) electrons. The molecule has 2 aliphatic heterocycles. The number of nitrogens with one attached hydrogen (secondary N) is 1. The number of aromatic nitrogens is 2. The summed E-state index contributed by atoms with van der Waals surface area (Å²) in [5.41, 5.74) is 0.930. The van der Waals surface area contributed by atoms with Crippen molar-refractivity contribution in [3.05, 3.63) is 12.4 Å². The van der Waals surface area contributed by atoms with Crippen LogP contribution in [0.15, 0.2) is 12.4 Å². The number of anilines is 1.